The molecule has 1 saturated heterocycles. The Labute approximate surface area is 102 Å². The van der Waals surface area contributed by atoms with Crippen LogP contribution in [0.15, 0.2) is 24.3 Å². The highest BCUT2D eigenvalue weighted by Crippen LogP contribution is 2.25. The highest BCUT2D eigenvalue weighted by Gasteiger charge is 2.30. The average molecular weight is 312 g/mol. The van der Waals surface area contributed by atoms with Gasteiger partial charge < -0.3 is 4.90 Å². The molecule has 0 spiro atoms. The van der Waals surface area contributed by atoms with Gasteiger partial charge in [0.15, 0.2) is 0 Å². The molecule has 0 aromatic heterocycles. The number of anilines is 1. The summed E-state index contributed by atoms with van der Waals surface area (Å²) >= 11 is 2.21. The van der Waals surface area contributed by atoms with Gasteiger partial charge in [-0.3, -0.25) is 4.79 Å². The molecule has 3 nitrogen and oxygen atoms in total. The highest BCUT2D eigenvalue weighted by atomic mass is 127. The number of nitriles is 1. The van der Waals surface area contributed by atoms with Crippen LogP contribution in [-0.4, -0.2) is 12.5 Å². The lowest BCUT2D eigenvalue weighted by Gasteiger charge is -2.15. The van der Waals surface area contributed by atoms with Crippen molar-refractivity contribution in [2.24, 2.45) is 5.92 Å². The number of hydrogen-bond donors (Lipinski definition) is 0. The van der Waals surface area contributed by atoms with E-state index in [0.29, 0.717) is 13.0 Å². The number of amides is 1. The fraction of sp³-hybridized carbons (Fsp3) is 0.273. The standard InChI is InChI=1S/C11H9IN2O/c12-9-2-1-3-10(5-9)14-7-8(6-13)4-11(14)15/h1-3,5,8H,4,7H2. The number of hydrogen-bond acceptors (Lipinski definition) is 2. The summed E-state index contributed by atoms with van der Waals surface area (Å²) in [6.07, 6.45) is 0.349. The van der Waals surface area contributed by atoms with E-state index in [2.05, 4.69) is 28.7 Å². The molecule has 1 amide bonds. The molecule has 1 aliphatic heterocycles. The molecule has 1 fully saturated rings. The smallest absolute Gasteiger partial charge is 0.228 e. The van der Waals surface area contributed by atoms with Crippen molar-refractivity contribution < 1.29 is 4.79 Å². The molecule has 4 heteroatoms. The molecule has 1 aromatic carbocycles. The molecule has 76 valence electrons. The lowest BCUT2D eigenvalue weighted by molar-refractivity contribution is -0.117. The van der Waals surface area contributed by atoms with Crippen molar-refractivity contribution in [1.29, 1.82) is 5.26 Å². The van der Waals surface area contributed by atoms with E-state index in [0.717, 1.165) is 9.26 Å². The number of nitrogens with zero attached hydrogens (tertiary/aromatic N) is 2. The van der Waals surface area contributed by atoms with Crippen LogP contribution in [0.5, 0.6) is 0 Å². The molecular formula is C11H9IN2O. The van der Waals surface area contributed by atoms with E-state index in [1.165, 1.54) is 0 Å². The zero-order valence-electron chi connectivity index (χ0n) is 7.98. The molecule has 1 aromatic rings. The fourth-order valence-electron chi connectivity index (χ4n) is 1.69. The molecular weight excluding hydrogens is 303 g/mol. The summed E-state index contributed by atoms with van der Waals surface area (Å²) in [5.41, 5.74) is 0.893. The van der Waals surface area contributed by atoms with Gasteiger partial charge in [-0.15, -0.1) is 0 Å². The second kappa shape index (κ2) is 4.19. The Kier molecular flexibility index (Phi) is 2.91. The maximum absolute atomic E-state index is 11.6. The van der Waals surface area contributed by atoms with Crippen LogP contribution in [0, 0.1) is 20.8 Å². The number of carbonyl (C=O) groups excluding carboxylic acids is 1. The summed E-state index contributed by atoms with van der Waals surface area (Å²) in [4.78, 5) is 13.3. The van der Waals surface area contributed by atoms with Crippen molar-refractivity contribution >= 4 is 34.2 Å². The van der Waals surface area contributed by atoms with Crippen LogP contribution in [0.2, 0.25) is 0 Å². The van der Waals surface area contributed by atoms with Crippen LogP contribution >= 0.6 is 22.6 Å². The zero-order valence-corrected chi connectivity index (χ0v) is 10.1. The van der Waals surface area contributed by atoms with E-state index >= 15 is 0 Å². The maximum atomic E-state index is 11.6. The summed E-state index contributed by atoms with van der Waals surface area (Å²) < 4.78 is 1.10. The van der Waals surface area contributed by atoms with Gasteiger partial charge in [-0.05, 0) is 40.8 Å². The molecule has 15 heavy (non-hydrogen) atoms. The topological polar surface area (TPSA) is 44.1 Å². The first-order valence-corrected chi connectivity index (χ1v) is 5.74. The lowest BCUT2D eigenvalue weighted by Crippen LogP contribution is -2.24. The molecule has 0 N–H and O–H groups in total. The minimum Gasteiger partial charge on any atom is -0.311 e. The van der Waals surface area contributed by atoms with Gasteiger partial charge in [0.1, 0.15) is 0 Å². The van der Waals surface area contributed by atoms with Gasteiger partial charge >= 0.3 is 0 Å². The summed E-state index contributed by atoms with van der Waals surface area (Å²) in [5.74, 6) is -0.112. The summed E-state index contributed by atoms with van der Waals surface area (Å²) in [6.45, 7) is 0.523. The molecule has 1 heterocycles. The van der Waals surface area contributed by atoms with Gasteiger partial charge in [-0.2, -0.15) is 5.26 Å². The van der Waals surface area contributed by atoms with Crippen LogP contribution in [0.3, 0.4) is 0 Å². The second-order valence-electron chi connectivity index (χ2n) is 3.51. The highest BCUT2D eigenvalue weighted by molar-refractivity contribution is 14.1. The van der Waals surface area contributed by atoms with Crippen molar-refractivity contribution in [3.8, 4) is 6.07 Å². The third-order valence-electron chi connectivity index (χ3n) is 2.43. The van der Waals surface area contributed by atoms with Crippen molar-refractivity contribution in [2.45, 2.75) is 6.42 Å². The molecule has 1 unspecified atom stereocenters. The molecule has 0 saturated carbocycles. The fourth-order valence-corrected chi connectivity index (χ4v) is 2.21. The second-order valence-corrected chi connectivity index (χ2v) is 4.76. The van der Waals surface area contributed by atoms with Gasteiger partial charge in [-0.1, -0.05) is 6.07 Å². The quantitative estimate of drug-likeness (QED) is 0.746. The van der Waals surface area contributed by atoms with Gasteiger partial charge in [0, 0.05) is 22.2 Å². The summed E-state index contributed by atoms with van der Waals surface area (Å²) in [7, 11) is 0. The number of rotatable bonds is 1. The molecule has 0 bridgehead atoms. The van der Waals surface area contributed by atoms with Gasteiger partial charge in [0.2, 0.25) is 5.91 Å². The van der Waals surface area contributed by atoms with E-state index < -0.39 is 0 Å². The Hall–Kier alpha value is -1.09. The Bertz CT molecular complexity index is 438. The minimum atomic E-state index is -0.157. The zero-order chi connectivity index (χ0) is 10.8. The van der Waals surface area contributed by atoms with Crippen molar-refractivity contribution in [2.75, 3.05) is 11.4 Å². The number of halogens is 1. The SMILES string of the molecule is N#CC1CC(=O)N(c2cccc(I)c2)C1. The Morgan fingerprint density at radius 3 is 2.93 bits per heavy atom. The van der Waals surface area contributed by atoms with Gasteiger partial charge in [0.25, 0.3) is 0 Å². The van der Waals surface area contributed by atoms with E-state index in [4.69, 9.17) is 5.26 Å². The number of benzene rings is 1. The van der Waals surface area contributed by atoms with Crippen LogP contribution in [0.4, 0.5) is 5.69 Å². The molecule has 0 aliphatic carbocycles. The Morgan fingerprint density at radius 2 is 2.33 bits per heavy atom. The predicted molar refractivity (Wildman–Crippen MR) is 65.2 cm³/mol. The molecule has 0 radical (unpaired) electrons. The lowest BCUT2D eigenvalue weighted by atomic mass is 10.1. The average Bonchev–Trinajstić information content (AvgIpc) is 2.60. The van der Waals surface area contributed by atoms with E-state index in [-0.39, 0.29) is 11.8 Å². The first-order chi connectivity index (χ1) is 7.20. The Morgan fingerprint density at radius 1 is 1.53 bits per heavy atom. The summed E-state index contributed by atoms with van der Waals surface area (Å²) in [6, 6.07) is 9.90. The minimum absolute atomic E-state index is 0.0450. The van der Waals surface area contributed by atoms with Gasteiger partial charge in [0.05, 0.1) is 12.0 Å². The van der Waals surface area contributed by atoms with Crippen LogP contribution < -0.4 is 4.90 Å². The van der Waals surface area contributed by atoms with Crippen molar-refractivity contribution in [3.63, 3.8) is 0 Å². The molecule has 2 rings (SSSR count). The summed E-state index contributed by atoms with van der Waals surface area (Å²) in [5, 5.41) is 8.77. The van der Waals surface area contributed by atoms with Crippen molar-refractivity contribution in [3.05, 3.63) is 27.8 Å². The normalized spacial score (nSPS) is 20.4. The first kappa shape index (κ1) is 10.4. The van der Waals surface area contributed by atoms with Crippen LogP contribution in [0.25, 0.3) is 0 Å². The molecule has 1 atom stereocenters. The predicted octanol–water partition coefficient (Wildman–Crippen LogP) is 2.17. The number of carbonyl (C=O) groups is 1. The third-order valence-corrected chi connectivity index (χ3v) is 3.10. The van der Waals surface area contributed by atoms with E-state index in [1.54, 1.807) is 4.90 Å². The Balaban J connectivity index is 2.26. The van der Waals surface area contributed by atoms with E-state index in [9.17, 15) is 4.79 Å². The third kappa shape index (κ3) is 2.12. The first-order valence-electron chi connectivity index (χ1n) is 4.66. The van der Waals surface area contributed by atoms with E-state index in [1.807, 2.05) is 24.3 Å². The maximum Gasteiger partial charge on any atom is 0.228 e. The van der Waals surface area contributed by atoms with Crippen molar-refractivity contribution in [1.82, 2.24) is 0 Å². The van der Waals surface area contributed by atoms with Crippen LogP contribution in [0.1, 0.15) is 6.42 Å². The largest absolute Gasteiger partial charge is 0.311 e. The van der Waals surface area contributed by atoms with Gasteiger partial charge in [-0.25, -0.2) is 0 Å². The van der Waals surface area contributed by atoms with Crippen LogP contribution in [-0.2, 0) is 4.79 Å². The molecule has 1 aliphatic rings. The monoisotopic (exact) mass is 312 g/mol.